The van der Waals surface area contributed by atoms with Crippen LogP contribution in [0.3, 0.4) is 0 Å². The lowest BCUT2D eigenvalue weighted by Gasteiger charge is -2.35. The molecule has 2 aliphatic rings. The van der Waals surface area contributed by atoms with Crippen molar-refractivity contribution < 1.29 is 18.7 Å². The average Bonchev–Trinajstić information content (AvgIpc) is 3.13. The first-order valence-corrected chi connectivity index (χ1v) is 10.1. The van der Waals surface area contributed by atoms with Gasteiger partial charge in [0.25, 0.3) is 0 Å². The van der Waals surface area contributed by atoms with Crippen molar-refractivity contribution in [1.29, 1.82) is 0 Å². The van der Waals surface area contributed by atoms with Crippen LogP contribution < -0.4 is 0 Å². The van der Waals surface area contributed by atoms with Gasteiger partial charge in [-0.25, -0.2) is 0 Å². The van der Waals surface area contributed by atoms with Gasteiger partial charge in [0, 0.05) is 23.4 Å². The molecule has 5 nitrogen and oxygen atoms in total. The molecule has 4 rings (SSSR count). The molecule has 5 heteroatoms. The van der Waals surface area contributed by atoms with E-state index in [1.165, 1.54) is 0 Å². The Morgan fingerprint density at radius 2 is 1.90 bits per heavy atom. The van der Waals surface area contributed by atoms with Gasteiger partial charge in [0.05, 0.1) is 12.5 Å². The molecule has 1 aliphatic heterocycles. The summed E-state index contributed by atoms with van der Waals surface area (Å²) < 4.78 is 11.2. The summed E-state index contributed by atoms with van der Waals surface area (Å²) in [6, 6.07) is 13.8. The Morgan fingerprint density at radius 1 is 1.14 bits per heavy atom. The lowest BCUT2D eigenvalue weighted by Crippen LogP contribution is -2.38. The molecule has 0 N–H and O–H groups in total. The molecule has 1 aromatic carbocycles. The number of furan rings is 1. The quantitative estimate of drug-likeness (QED) is 0.707. The lowest BCUT2D eigenvalue weighted by molar-refractivity contribution is -0.146. The highest BCUT2D eigenvalue weighted by molar-refractivity contribution is 6.09. The van der Waals surface area contributed by atoms with Crippen LogP contribution in [0.25, 0.3) is 0 Å². The molecule has 0 bridgehead atoms. The second-order valence-corrected chi connectivity index (χ2v) is 7.71. The largest absolute Gasteiger partial charge is 0.466 e. The number of allylic oxidation sites excluding steroid dienone is 2. The van der Waals surface area contributed by atoms with Crippen LogP contribution in [-0.4, -0.2) is 24.1 Å². The van der Waals surface area contributed by atoms with E-state index in [0.717, 1.165) is 17.0 Å². The maximum atomic E-state index is 13.3. The van der Waals surface area contributed by atoms with E-state index in [1.807, 2.05) is 44.2 Å². The molecule has 3 atom stereocenters. The number of nitrogens with zero attached hydrogens (tertiary/aromatic N) is 1. The summed E-state index contributed by atoms with van der Waals surface area (Å²) in [6.45, 7) is 5.75. The van der Waals surface area contributed by atoms with Crippen LogP contribution in [0.15, 0.2) is 63.1 Å². The molecule has 1 aliphatic carbocycles. The number of Topliss-reactive ketones (excluding diaryl/α,β-unsaturated/α-hetero) is 1. The van der Waals surface area contributed by atoms with Gasteiger partial charge in [-0.15, -0.1) is 0 Å². The first-order chi connectivity index (χ1) is 14.0. The molecular formula is C24H25NO4. The highest BCUT2D eigenvalue weighted by Crippen LogP contribution is 2.47. The molecule has 2 aromatic rings. The second-order valence-electron chi connectivity index (χ2n) is 7.71. The fraction of sp³-hybridized carbons (Fsp3) is 0.375. The molecule has 2 heterocycles. The number of aryl methyl sites for hydroxylation is 1. The zero-order chi connectivity index (χ0) is 20.5. The second kappa shape index (κ2) is 7.82. The van der Waals surface area contributed by atoms with Crippen LogP contribution in [0.2, 0.25) is 0 Å². The average molecular weight is 391 g/mol. The van der Waals surface area contributed by atoms with E-state index in [1.54, 1.807) is 6.92 Å². The van der Waals surface area contributed by atoms with Crippen molar-refractivity contribution in [3.8, 4) is 0 Å². The van der Waals surface area contributed by atoms with Crippen molar-refractivity contribution in [2.24, 2.45) is 10.9 Å². The Bertz CT molecular complexity index is 999. The third-order valence-electron chi connectivity index (χ3n) is 5.77. The Hall–Kier alpha value is -2.95. The Morgan fingerprint density at radius 3 is 2.55 bits per heavy atom. The first-order valence-electron chi connectivity index (χ1n) is 10.1. The standard InChI is InChI=1S/C24H25NO4/c1-4-28-24(27)21-15(3)25-18-12-17(16-8-6-5-7-9-16)13-19(26)22(18)23(21)20-11-10-14(2)29-20/h5-11,17,21,23H,4,12-13H2,1-3H3. The van der Waals surface area contributed by atoms with Crippen LogP contribution in [0.4, 0.5) is 0 Å². The van der Waals surface area contributed by atoms with E-state index >= 15 is 0 Å². The number of hydrogen-bond donors (Lipinski definition) is 0. The fourth-order valence-corrected chi connectivity index (χ4v) is 4.49. The summed E-state index contributed by atoms with van der Waals surface area (Å²) in [6.07, 6.45) is 1.08. The molecular weight excluding hydrogens is 366 g/mol. The van der Waals surface area contributed by atoms with Crippen LogP contribution in [-0.2, 0) is 14.3 Å². The van der Waals surface area contributed by atoms with Crippen molar-refractivity contribution >= 4 is 17.5 Å². The number of carbonyl (C=O) groups excluding carboxylic acids is 2. The van der Waals surface area contributed by atoms with Gasteiger partial charge < -0.3 is 9.15 Å². The van der Waals surface area contributed by atoms with Crippen LogP contribution in [0, 0.1) is 12.8 Å². The normalized spacial score (nSPS) is 24.2. The van der Waals surface area contributed by atoms with Gasteiger partial charge >= 0.3 is 5.97 Å². The van der Waals surface area contributed by atoms with Crippen molar-refractivity contribution in [3.05, 3.63) is 70.8 Å². The molecule has 1 aromatic heterocycles. The van der Waals surface area contributed by atoms with Gasteiger partial charge in [-0.1, -0.05) is 30.3 Å². The lowest BCUT2D eigenvalue weighted by atomic mass is 9.71. The minimum atomic E-state index is -0.642. The predicted octanol–water partition coefficient (Wildman–Crippen LogP) is 4.73. The van der Waals surface area contributed by atoms with Crippen molar-refractivity contribution in [2.75, 3.05) is 6.61 Å². The van der Waals surface area contributed by atoms with Gasteiger partial charge in [-0.2, -0.15) is 0 Å². The van der Waals surface area contributed by atoms with E-state index in [2.05, 4.69) is 12.1 Å². The molecule has 3 unspecified atom stereocenters. The van der Waals surface area contributed by atoms with Gasteiger partial charge in [-0.3, -0.25) is 14.6 Å². The van der Waals surface area contributed by atoms with Crippen molar-refractivity contribution in [1.82, 2.24) is 0 Å². The Labute approximate surface area is 170 Å². The SMILES string of the molecule is CCOC(=O)C1C(C)=NC2=C(C(=O)CC(c3ccccc3)C2)C1c1ccc(C)o1. The minimum Gasteiger partial charge on any atom is -0.466 e. The summed E-state index contributed by atoms with van der Waals surface area (Å²) in [7, 11) is 0. The summed E-state index contributed by atoms with van der Waals surface area (Å²) in [5.41, 5.74) is 3.18. The van der Waals surface area contributed by atoms with E-state index in [4.69, 9.17) is 14.1 Å². The van der Waals surface area contributed by atoms with Crippen molar-refractivity contribution in [2.45, 2.75) is 45.4 Å². The number of hydrogen-bond acceptors (Lipinski definition) is 5. The molecule has 0 fully saturated rings. The molecule has 0 spiro atoms. The zero-order valence-electron chi connectivity index (χ0n) is 17.0. The summed E-state index contributed by atoms with van der Waals surface area (Å²) in [5, 5.41) is 0. The number of rotatable bonds is 4. The minimum absolute atomic E-state index is 0.0321. The van der Waals surface area contributed by atoms with Gasteiger partial charge in [0.1, 0.15) is 17.4 Å². The Balaban J connectivity index is 1.79. The number of benzene rings is 1. The van der Waals surface area contributed by atoms with Gasteiger partial charge in [-0.05, 0) is 50.8 Å². The maximum Gasteiger partial charge on any atom is 0.315 e. The molecule has 0 radical (unpaired) electrons. The van der Waals surface area contributed by atoms with Gasteiger partial charge in [0.2, 0.25) is 0 Å². The number of aliphatic imine (C=N–C) groups is 1. The zero-order valence-corrected chi connectivity index (χ0v) is 17.0. The van der Waals surface area contributed by atoms with E-state index in [9.17, 15) is 9.59 Å². The maximum absolute atomic E-state index is 13.3. The Kier molecular flexibility index (Phi) is 5.22. The smallest absolute Gasteiger partial charge is 0.315 e. The highest BCUT2D eigenvalue weighted by Gasteiger charge is 2.46. The molecule has 0 saturated heterocycles. The van der Waals surface area contributed by atoms with E-state index in [0.29, 0.717) is 29.9 Å². The van der Waals surface area contributed by atoms with E-state index in [-0.39, 0.29) is 24.3 Å². The summed E-state index contributed by atoms with van der Waals surface area (Å²) in [5.74, 6) is -0.000668. The third-order valence-corrected chi connectivity index (χ3v) is 5.77. The van der Waals surface area contributed by atoms with E-state index < -0.39 is 11.8 Å². The number of esters is 1. The number of ether oxygens (including phenoxy) is 1. The van der Waals surface area contributed by atoms with Crippen LogP contribution in [0.5, 0.6) is 0 Å². The van der Waals surface area contributed by atoms with Crippen molar-refractivity contribution in [3.63, 3.8) is 0 Å². The van der Waals surface area contributed by atoms with Gasteiger partial charge in [0.15, 0.2) is 5.78 Å². The highest BCUT2D eigenvalue weighted by atomic mass is 16.5. The first kappa shape index (κ1) is 19.4. The topological polar surface area (TPSA) is 68.9 Å². The molecule has 0 amide bonds. The summed E-state index contributed by atoms with van der Waals surface area (Å²) in [4.78, 5) is 30.8. The molecule has 29 heavy (non-hydrogen) atoms. The predicted molar refractivity (Wildman–Crippen MR) is 110 cm³/mol. The van der Waals surface area contributed by atoms with Crippen LogP contribution >= 0.6 is 0 Å². The summed E-state index contributed by atoms with van der Waals surface area (Å²) >= 11 is 0. The monoisotopic (exact) mass is 391 g/mol. The number of carbonyl (C=O) groups is 2. The molecule has 0 saturated carbocycles. The third kappa shape index (κ3) is 3.57. The number of ketones is 1. The molecule has 150 valence electrons. The fourth-order valence-electron chi connectivity index (χ4n) is 4.49. The van der Waals surface area contributed by atoms with Crippen LogP contribution in [0.1, 0.15) is 55.6 Å².